The van der Waals surface area contributed by atoms with Crippen LogP contribution in [-0.4, -0.2) is 79.5 Å². The third-order valence-electron chi connectivity index (χ3n) is 8.48. The standard InChI is InChI=1S/C25H39N3O3S2/c29-25(28-13-5-7-20-6-1-2-8-23(20)28)22-18-24(32-19-22)21-9-14-26(15-10-21)16-17-33(30,31)27-11-3-4-12-27/h18-21,23H,1-17H2. The van der Waals surface area contributed by atoms with Crippen molar-refractivity contribution >= 4 is 27.3 Å². The minimum Gasteiger partial charge on any atom is -0.335 e. The Morgan fingerprint density at radius 3 is 2.42 bits per heavy atom. The minimum atomic E-state index is -3.10. The summed E-state index contributed by atoms with van der Waals surface area (Å²) in [4.78, 5) is 19.2. The summed E-state index contributed by atoms with van der Waals surface area (Å²) >= 11 is 1.74. The van der Waals surface area contributed by atoms with Crippen molar-refractivity contribution in [1.29, 1.82) is 0 Å². The van der Waals surface area contributed by atoms with E-state index in [1.807, 2.05) is 0 Å². The van der Waals surface area contributed by atoms with Crippen LogP contribution in [0.3, 0.4) is 0 Å². The highest BCUT2D eigenvalue weighted by molar-refractivity contribution is 7.89. The van der Waals surface area contributed by atoms with Crippen LogP contribution in [0, 0.1) is 5.92 Å². The van der Waals surface area contributed by atoms with Gasteiger partial charge in [0.1, 0.15) is 0 Å². The van der Waals surface area contributed by atoms with Crippen LogP contribution in [-0.2, 0) is 10.0 Å². The Balaban J connectivity index is 1.13. The molecule has 4 fully saturated rings. The van der Waals surface area contributed by atoms with Crippen LogP contribution in [0.4, 0.5) is 0 Å². The van der Waals surface area contributed by atoms with Gasteiger partial charge in [0.2, 0.25) is 10.0 Å². The van der Waals surface area contributed by atoms with Gasteiger partial charge in [-0.2, -0.15) is 0 Å². The zero-order chi connectivity index (χ0) is 22.8. The molecule has 1 saturated carbocycles. The Kier molecular flexibility index (Phi) is 7.45. The van der Waals surface area contributed by atoms with Crippen molar-refractivity contribution in [3.8, 4) is 0 Å². The number of hydrogen-bond donors (Lipinski definition) is 0. The molecule has 1 aliphatic carbocycles. The molecule has 0 N–H and O–H groups in total. The molecule has 0 radical (unpaired) electrons. The Morgan fingerprint density at radius 1 is 0.909 bits per heavy atom. The molecule has 2 unspecified atom stereocenters. The Labute approximate surface area is 203 Å². The first-order valence-electron chi connectivity index (χ1n) is 13.1. The van der Waals surface area contributed by atoms with Gasteiger partial charge < -0.3 is 9.80 Å². The molecule has 6 nitrogen and oxygen atoms in total. The largest absolute Gasteiger partial charge is 0.335 e. The lowest BCUT2D eigenvalue weighted by Gasteiger charge is -2.44. The maximum atomic E-state index is 13.4. The van der Waals surface area contributed by atoms with Gasteiger partial charge in [-0.3, -0.25) is 4.79 Å². The van der Waals surface area contributed by atoms with Gasteiger partial charge in [0.05, 0.1) is 11.3 Å². The van der Waals surface area contributed by atoms with Crippen LogP contribution in [0.2, 0.25) is 0 Å². The maximum absolute atomic E-state index is 13.4. The van der Waals surface area contributed by atoms with Crippen molar-refractivity contribution in [1.82, 2.24) is 14.1 Å². The summed E-state index contributed by atoms with van der Waals surface area (Å²) in [6, 6.07) is 2.63. The first kappa shape index (κ1) is 23.8. The Morgan fingerprint density at radius 2 is 1.64 bits per heavy atom. The highest BCUT2D eigenvalue weighted by atomic mass is 32.2. The molecule has 1 aromatic heterocycles. The van der Waals surface area contributed by atoms with Gasteiger partial charge in [0.15, 0.2) is 0 Å². The molecule has 0 bridgehead atoms. The first-order chi connectivity index (χ1) is 16.0. The van der Waals surface area contributed by atoms with Crippen molar-refractivity contribution in [2.24, 2.45) is 5.92 Å². The van der Waals surface area contributed by atoms with Crippen molar-refractivity contribution in [3.05, 3.63) is 21.9 Å². The fourth-order valence-electron chi connectivity index (χ4n) is 6.50. The second kappa shape index (κ2) is 10.3. The lowest BCUT2D eigenvalue weighted by Crippen LogP contribution is -2.49. The SMILES string of the molecule is O=C(c1csc(C2CCN(CCS(=O)(=O)N3CCCC3)CC2)c1)N1CCCC2CCCCC21. The van der Waals surface area contributed by atoms with Crippen LogP contribution in [0.1, 0.15) is 85.4 Å². The molecule has 2 atom stereocenters. The molecule has 0 spiro atoms. The van der Waals surface area contributed by atoms with Gasteiger partial charge in [-0.05, 0) is 82.4 Å². The van der Waals surface area contributed by atoms with Crippen molar-refractivity contribution in [2.75, 3.05) is 45.0 Å². The summed E-state index contributed by atoms with van der Waals surface area (Å²) in [5.41, 5.74) is 0.889. The summed E-state index contributed by atoms with van der Waals surface area (Å²) in [5, 5.41) is 2.08. The van der Waals surface area contributed by atoms with E-state index in [2.05, 4.69) is 21.2 Å². The zero-order valence-electron chi connectivity index (χ0n) is 19.8. The molecule has 1 aromatic rings. The number of amides is 1. The number of rotatable bonds is 6. The normalized spacial score (nSPS) is 28.2. The minimum absolute atomic E-state index is 0.243. The molecule has 1 amide bonds. The summed E-state index contributed by atoms with van der Waals surface area (Å²) in [6.45, 7) is 4.83. The van der Waals surface area contributed by atoms with Crippen LogP contribution < -0.4 is 0 Å². The van der Waals surface area contributed by atoms with Crippen molar-refractivity contribution < 1.29 is 13.2 Å². The fourth-order valence-corrected chi connectivity index (χ4v) is 9.12. The zero-order valence-corrected chi connectivity index (χ0v) is 21.4. The summed E-state index contributed by atoms with van der Waals surface area (Å²) in [5.74, 6) is 1.70. The summed E-state index contributed by atoms with van der Waals surface area (Å²) in [7, 11) is -3.10. The third kappa shape index (κ3) is 5.34. The van der Waals surface area contributed by atoms with E-state index >= 15 is 0 Å². The molecule has 33 heavy (non-hydrogen) atoms. The number of hydrogen-bond acceptors (Lipinski definition) is 5. The number of carbonyl (C=O) groups is 1. The van der Waals surface area contributed by atoms with Gasteiger partial charge >= 0.3 is 0 Å². The van der Waals surface area contributed by atoms with Crippen LogP contribution >= 0.6 is 11.3 Å². The highest BCUT2D eigenvalue weighted by Crippen LogP contribution is 2.37. The quantitative estimate of drug-likeness (QED) is 0.597. The summed E-state index contributed by atoms with van der Waals surface area (Å²) < 4.78 is 26.7. The van der Waals surface area contributed by atoms with E-state index in [1.54, 1.807) is 15.6 Å². The Hall–Kier alpha value is -0.960. The van der Waals surface area contributed by atoms with E-state index < -0.39 is 10.0 Å². The Bertz CT molecular complexity index is 915. The van der Waals surface area contributed by atoms with Gasteiger partial charge in [-0.25, -0.2) is 12.7 Å². The van der Waals surface area contributed by atoms with Crippen LogP contribution in [0.15, 0.2) is 11.4 Å². The van der Waals surface area contributed by atoms with Gasteiger partial charge in [0.25, 0.3) is 5.91 Å². The molecule has 184 valence electrons. The molecular formula is C25H39N3O3S2. The van der Waals surface area contributed by atoms with E-state index in [9.17, 15) is 13.2 Å². The second-order valence-corrected chi connectivity index (χ2v) is 13.6. The number of likely N-dealkylation sites (tertiary alicyclic amines) is 2. The summed E-state index contributed by atoms with van der Waals surface area (Å²) in [6.07, 6.45) is 11.6. The lowest BCUT2D eigenvalue weighted by molar-refractivity contribution is 0.0391. The molecule has 8 heteroatoms. The molecular weight excluding hydrogens is 454 g/mol. The maximum Gasteiger partial charge on any atom is 0.254 e. The van der Waals surface area contributed by atoms with E-state index in [0.29, 0.717) is 37.5 Å². The average Bonchev–Trinajstić information content (AvgIpc) is 3.56. The number of carbonyl (C=O) groups excluding carboxylic acids is 1. The number of thiophene rings is 1. The van der Waals surface area contributed by atoms with E-state index in [0.717, 1.165) is 57.3 Å². The highest BCUT2D eigenvalue weighted by Gasteiger charge is 2.36. The monoisotopic (exact) mass is 493 g/mol. The van der Waals surface area contributed by atoms with Gasteiger partial charge in [0, 0.05) is 42.5 Å². The number of piperidine rings is 2. The van der Waals surface area contributed by atoms with Crippen LogP contribution in [0.5, 0.6) is 0 Å². The van der Waals surface area contributed by atoms with Crippen molar-refractivity contribution in [2.45, 2.75) is 76.2 Å². The molecule has 0 aromatic carbocycles. The molecule has 3 saturated heterocycles. The molecule has 4 heterocycles. The average molecular weight is 494 g/mol. The van der Waals surface area contributed by atoms with Crippen LogP contribution in [0.25, 0.3) is 0 Å². The first-order valence-corrected chi connectivity index (χ1v) is 15.6. The van der Waals surface area contributed by atoms with E-state index in [-0.39, 0.29) is 11.7 Å². The number of fused-ring (bicyclic) bond motifs is 1. The number of nitrogens with zero attached hydrogens (tertiary/aromatic N) is 3. The van der Waals surface area contributed by atoms with E-state index in [4.69, 9.17) is 0 Å². The lowest BCUT2D eigenvalue weighted by atomic mass is 9.78. The van der Waals surface area contributed by atoms with E-state index in [1.165, 1.54) is 37.0 Å². The van der Waals surface area contributed by atoms with Gasteiger partial charge in [-0.1, -0.05) is 12.8 Å². The number of sulfonamides is 1. The molecule has 4 aliphatic rings. The molecule has 3 aliphatic heterocycles. The predicted octanol–water partition coefficient (Wildman–Crippen LogP) is 4.15. The smallest absolute Gasteiger partial charge is 0.254 e. The van der Waals surface area contributed by atoms with Gasteiger partial charge in [-0.15, -0.1) is 11.3 Å². The topological polar surface area (TPSA) is 60.9 Å². The third-order valence-corrected chi connectivity index (χ3v) is 11.4. The van der Waals surface area contributed by atoms with Crippen molar-refractivity contribution in [3.63, 3.8) is 0 Å². The second-order valence-electron chi connectivity index (χ2n) is 10.5. The fraction of sp³-hybridized carbons (Fsp3) is 0.800. The predicted molar refractivity (Wildman–Crippen MR) is 133 cm³/mol. The molecule has 5 rings (SSSR count).